The average molecular weight is 506 g/mol. The van der Waals surface area contributed by atoms with Gasteiger partial charge in [-0.2, -0.15) is 0 Å². The van der Waals surface area contributed by atoms with Crippen molar-refractivity contribution >= 4 is 41.5 Å². The summed E-state index contributed by atoms with van der Waals surface area (Å²) in [4.78, 5) is 4.18. The summed E-state index contributed by atoms with van der Waals surface area (Å²) >= 11 is 6.25. The highest BCUT2D eigenvalue weighted by Gasteiger charge is 2.16. The minimum Gasteiger partial charge on any atom is -0.486 e. The van der Waals surface area contributed by atoms with E-state index >= 15 is 0 Å². The average Bonchev–Trinajstić information content (AvgIpc) is 2.66. The summed E-state index contributed by atoms with van der Waals surface area (Å²) in [5, 5.41) is 6.92. The van der Waals surface area contributed by atoms with E-state index in [-0.39, 0.29) is 29.8 Å². The van der Waals surface area contributed by atoms with Crippen molar-refractivity contribution in [2.45, 2.75) is 13.0 Å². The van der Waals surface area contributed by atoms with E-state index in [1.165, 1.54) is 6.07 Å². The number of aliphatic imine (C=N–C) groups is 1. The number of benzene rings is 2. The predicted molar refractivity (Wildman–Crippen MR) is 116 cm³/mol. The standard InChI is InChI=1S/C19H21ClFN3O2.HI/c1-22-19(23-7-6-14-4-2-3-5-16(14)21)24-12-13-10-15(20)18-17(11-13)25-8-9-26-18;/h2-5,10-11H,6-9,12H2,1H3,(H2,22,23,24);1H. The van der Waals surface area contributed by atoms with Gasteiger partial charge in [-0.1, -0.05) is 29.8 Å². The summed E-state index contributed by atoms with van der Waals surface area (Å²) in [7, 11) is 1.69. The maximum Gasteiger partial charge on any atom is 0.191 e. The fourth-order valence-electron chi connectivity index (χ4n) is 2.69. The van der Waals surface area contributed by atoms with E-state index in [4.69, 9.17) is 21.1 Å². The largest absolute Gasteiger partial charge is 0.486 e. The van der Waals surface area contributed by atoms with Gasteiger partial charge in [-0.05, 0) is 35.7 Å². The number of nitrogens with zero attached hydrogens (tertiary/aromatic N) is 1. The first kappa shape index (κ1) is 21.6. The maximum absolute atomic E-state index is 13.6. The minimum atomic E-state index is -0.192. The quantitative estimate of drug-likeness (QED) is 0.369. The Bertz CT molecular complexity index is 805. The SMILES string of the molecule is CN=C(NCCc1ccccc1F)NCc1cc(Cl)c2c(c1)OCCO2.I. The molecule has 0 saturated carbocycles. The number of rotatable bonds is 5. The molecule has 27 heavy (non-hydrogen) atoms. The zero-order chi connectivity index (χ0) is 18.4. The predicted octanol–water partition coefficient (Wildman–Crippen LogP) is 3.78. The van der Waals surface area contributed by atoms with Crippen LogP contribution < -0.4 is 20.1 Å². The third-order valence-electron chi connectivity index (χ3n) is 3.98. The first-order valence-electron chi connectivity index (χ1n) is 8.43. The van der Waals surface area contributed by atoms with E-state index in [2.05, 4.69) is 15.6 Å². The van der Waals surface area contributed by atoms with Crippen LogP contribution in [0.15, 0.2) is 41.4 Å². The van der Waals surface area contributed by atoms with E-state index < -0.39 is 0 Å². The maximum atomic E-state index is 13.6. The molecule has 0 saturated heterocycles. The third-order valence-corrected chi connectivity index (χ3v) is 4.27. The summed E-state index contributed by atoms with van der Waals surface area (Å²) in [6, 6.07) is 10.5. The molecular weight excluding hydrogens is 484 g/mol. The van der Waals surface area contributed by atoms with Gasteiger partial charge in [0.05, 0.1) is 5.02 Å². The molecule has 2 N–H and O–H groups in total. The molecule has 0 atom stereocenters. The number of halogens is 3. The van der Waals surface area contributed by atoms with Crippen molar-refractivity contribution in [1.82, 2.24) is 10.6 Å². The molecule has 0 unspecified atom stereocenters. The first-order chi connectivity index (χ1) is 12.7. The van der Waals surface area contributed by atoms with E-state index in [9.17, 15) is 4.39 Å². The monoisotopic (exact) mass is 505 g/mol. The Morgan fingerprint density at radius 2 is 1.96 bits per heavy atom. The summed E-state index contributed by atoms with van der Waals surface area (Å²) in [6.07, 6.45) is 0.573. The zero-order valence-corrected chi connectivity index (χ0v) is 18.0. The summed E-state index contributed by atoms with van der Waals surface area (Å²) in [6.45, 7) is 2.11. The van der Waals surface area contributed by atoms with Gasteiger partial charge in [0.1, 0.15) is 19.0 Å². The van der Waals surface area contributed by atoms with Crippen LogP contribution >= 0.6 is 35.6 Å². The molecule has 5 nitrogen and oxygen atoms in total. The number of hydrogen-bond donors (Lipinski definition) is 2. The van der Waals surface area contributed by atoms with Gasteiger partial charge >= 0.3 is 0 Å². The van der Waals surface area contributed by atoms with E-state index in [1.807, 2.05) is 18.2 Å². The van der Waals surface area contributed by atoms with Gasteiger partial charge < -0.3 is 20.1 Å². The van der Waals surface area contributed by atoms with E-state index in [0.717, 1.165) is 5.56 Å². The molecule has 0 radical (unpaired) electrons. The van der Waals surface area contributed by atoms with Crippen molar-refractivity contribution in [1.29, 1.82) is 0 Å². The van der Waals surface area contributed by atoms with Crippen LogP contribution in [0.25, 0.3) is 0 Å². The summed E-state index contributed by atoms with van der Waals surface area (Å²) < 4.78 is 24.7. The fraction of sp³-hybridized carbons (Fsp3) is 0.316. The van der Waals surface area contributed by atoms with Gasteiger partial charge in [0, 0.05) is 20.1 Å². The lowest BCUT2D eigenvalue weighted by Gasteiger charge is -2.20. The van der Waals surface area contributed by atoms with Crippen LogP contribution in [0.1, 0.15) is 11.1 Å². The normalized spacial score (nSPS) is 12.9. The molecule has 0 amide bonds. The van der Waals surface area contributed by atoms with Crippen LogP contribution in [-0.4, -0.2) is 32.8 Å². The van der Waals surface area contributed by atoms with Crippen molar-refractivity contribution in [2.75, 3.05) is 26.8 Å². The van der Waals surface area contributed by atoms with Crippen molar-refractivity contribution in [2.24, 2.45) is 4.99 Å². The van der Waals surface area contributed by atoms with Gasteiger partial charge in [-0.15, -0.1) is 24.0 Å². The molecule has 0 fully saturated rings. The Kier molecular flexibility index (Phi) is 8.43. The Morgan fingerprint density at radius 3 is 2.74 bits per heavy atom. The molecule has 2 aromatic rings. The lowest BCUT2D eigenvalue weighted by atomic mass is 10.1. The van der Waals surface area contributed by atoms with Gasteiger partial charge in [-0.25, -0.2) is 4.39 Å². The molecule has 0 bridgehead atoms. The van der Waals surface area contributed by atoms with Crippen LogP contribution in [-0.2, 0) is 13.0 Å². The van der Waals surface area contributed by atoms with Crippen LogP contribution in [0.2, 0.25) is 5.02 Å². The molecule has 0 aromatic heterocycles. The summed E-state index contributed by atoms with van der Waals surface area (Å²) in [5.74, 6) is 1.69. The van der Waals surface area contributed by atoms with Gasteiger partial charge in [0.2, 0.25) is 0 Å². The Balaban J connectivity index is 0.00000261. The number of guanidine groups is 1. The van der Waals surface area contributed by atoms with Crippen molar-refractivity contribution < 1.29 is 13.9 Å². The molecule has 0 spiro atoms. The van der Waals surface area contributed by atoms with Crippen molar-refractivity contribution in [3.05, 3.63) is 58.4 Å². The number of hydrogen-bond acceptors (Lipinski definition) is 3. The fourth-order valence-corrected chi connectivity index (χ4v) is 2.98. The second-order valence-electron chi connectivity index (χ2n) is 5.80. The zero-order valence-electron chi connectivity index (χ0n) is 14.9. The Hall–Kier alpha value is -1.74. The van der Waals surface area contributed by atoms with Crippen LogP contribution in [0, 0.1) is 5.82 Å². The topological polar surface area (TPSA) is 54.9 Å². The van der Waals surface area contributed by atoms with Gasteiger partial charge in [0.25, 0.3) is 0 Å². The Morgan fingerprint density at radius 1 is 1.19 bits per heavy atom. The van der Waals surface area contributed by atoms with Crippen LogP contribution in [0.4, 0.5) is 4.39 Å². The molecule has 8 heteroatoms. The third kappa shape index (κ3) is 5.87. The molecule has 146 valence electrons. The molecule has 1 aliphatic heterocycles. The molecule has 1 aliphatic rings. The smallest absolute Gasteiger partial charge is 0.191 e. The number of ether oxygens (including phenoxy) is 2. The number of fused-ring (bicyclic) bond motifs is 1. The first-order valence-corrected chi connectivity index (χ1v) is 8.81. The summed E-state index contributed by atoms with van der Waals surface area (Å²) in [5.41, 5.74) is 1.63. The molecule has 2 aromatic carbocycles. The lowest BCUT2D eigenvalue weighted by Crippen LogP contribution is -2.38. The molecule has 3 rings (SSSR count). The van der Waals surface area contributed by atoms with Gasteiger partial charge in [0.15, 0.2) is 17.5 Å². The number of nitrogens with one attached hydrogen (secondary N) is 2. The van der Waals surface area contributed by atoms with E-state index in [0.29, 0.717) is 60.8 Å². The minimum absolute atomic E-state index is 0. The second-order valence-corrected chi connectivity index (χ2v) is 6.20. The van der Waals surface area contributed by atoms with Crippen molar-refractivity contribution in [3.8, 4) is 11.5 Å². The highest BCUT2D eigenvalue weighted by atomic mass is 127. The van der Waals surface area contributed by atoms with Crippen LogP contribution in [0.3, 0.4) is 0 Å². The van der Waals surface area contributed by atoms with Crippen molar-refractivity contribution in [3.63, 3.8) is 0 Å². The molecule has 0 aliphatic carbocycles. The Labute approximate surface area is 180 Å². The molecule has 1 heterocycles. The highest BCUT2D eigenvalue weighted by Crippen LogP contribution is 2.38. The van der Waals surface area contributed by atoms with Gasteiger partial charge in [-0.3, -0.25) is 4.99 Å². The van der Waals surface area contributed by atoms with Crippen LogP contribution in [0.5, 0.6) is 11.5 Å². The van der Waals surface area contributed by atoms with E-state index in [1.54, 1.807) is 19.2 Å². The highest BCUT2D eigenvalue weighted by molar-refractivity contribution is 14.0. The lowest BCUT2D eigenvalue weighted by molar-refractivity contribution is 0.171. The second kappa shape index (κ2) is 10.6. The molecular formula is C19H22ClFIN3O2.